The molecule has 1 heterocycles. The van der Waals surface area contributed by atoms with Crippen molar-refractivity contribution >= 4 is 6.29 Å². The van der Waals surface area contributed by atoms with Gasteiger partial charge in [0.2, 0.25) is 0 Å². The molecule has 170 valence electrons. The largest absolute Gasteiger partial charge is 0.394 e. The van der Waals surface area contributed by atoms with Crippen LogP contribution in [0.3, 0.4) is 0 Å². The number of aliphatic hydroxyl groups excluding tert-OH is 7. The SMILES string of the molecule is O=C[C@H](NCc1ccccc1)[C@@H](O)[C@H](O[C@@H]1O[C@H](CO)[C@H](O)[C@H](O)[C@H]1O)[C@H](O)CO. The molecule has 0 spiro atoms. The normalized spacial score (nSPS) is 31.0. The molecule has 30 heavy (non-hydrogen) atoms. The Balaban J connectivity index is 2.11. The number of nitrogens with one attached hydrogen (secondary N) is 1. The maximum Gasteiger partial charge on any atom is 0.187 e. The van der Waals surface area contributed by atoms with Gasteiger partial charge in [-0.3, -0.25) is 0 Å². The molecule has 1 saturated heterocycles. The van der Waals surface area contributed by atoms with Gasteiger partial charge in [0.25, 0.3) is 0 Å². The summed E-state index contributed by atoms with van der Waals surface area (Å²) < 4.78 is 10.6. The van der Waals surface area contributed by atoms with E-state index in [1.54, 1.807) is 24.3 Å². The molecule has 0 unspecified atom stereocenters. The standard InChI is InChI=1S/C19H29NO10/c21-7-11(20-6-10-4-2-1-3-5-10)14(25)18(12(24)8-22)30-19-17(28)16(27)15(26)13(9-23)29-19/h1-5,7,11-20,22-28H,6,8-9H2/t11-,12+,13+,14+,15-,16-,17+,18+,19-/m0/s1. The Morgan fingerprint density at radius 1 is 1.07 bits per heavy atom. The molecule has 11 nitrogen and oxygen atoms in total. The molecule has 0 bridgehead atoms. The van der Waals surface area contributed by atoms with Gasteiger partial charge in [-0.05, 0) is 5.56 Å². The Hall–Kier alpha value is -1.51. The summed E-state index contributed by atoms with van der Waals surface area (Å²) in [5, 5.41) is 71.9. The van der Waals surface area contributed by atoms with E-state index < -0.39 is 68.3 Å². The van der Waals surface area contributed by atoms with Crippen LogP contribution in [0, 0.1) is 0 Å². The van der Waals surface area contributed by atoms with Gasteiger partial charge in [0.05, 0.1) is 19.3 Å². The molecule has 1 aromatic carbocycles. The highest BCUT2D eigenvalue weighted by atomic mass is 16.7. The van der Waals surface area contributed by atoms with Crippen LogP contribution < -0.4 is 5.32 Å². The Labute approximate surface area is 173 Å². The van der Waals surface area contributed by atoms with Gasteiger partial charge in [-0.1, -0.05) is 30.3 Å². The maximum atomic E-state index is 11.5. The van der Waals surface area contributed by atoms with Crippen LogP contribution in [-0.4, -0.2) is 110 Å². The number of aliphatic hydroxyl groups is 7. The van der Waals surface area contributed by atoms with Crippen molar-refractivity contribution in [3.63, 3.8) is 0 Å². The van der Waals surface area contributed by atoms with E-state index in [-0.39, 0.29) is 6.54 Å². The first kappa shape index (κ1) is 24.8. The van der Waals surface area contributed by atoms with Crippen molar-refractivity contribution in [3.8, 4) is 0 Å². The van der Waals surface area contributed by atoms with Crippen molar-refractivity contribution in [1.29, 1.82) is 0 Å². The summed E-state index contributed by atoms with van der Waals surface area (Å²) in [6.07, 6.45) is -12.6. The summed E-state index contributed by atoms with van der Waals surface area (Å²) in [4.78, 5) is 11.5. The van der Waals surface area contributed by atoms with Crippen molar-refractivity contribution in [1.82, 2.24) is 5.32 Å². The number of carbonyl (C=O) groups excluding carboxylic acids is 1. The fraction of sp³-hybridized carbons (Fsp3) is 0.632. The van der Waals surface area contributed by atoms with Crippen LogP contribution in [-0.2, 0) is 20.8 Å². The first-order chi connectivity index (χ1) is 14.3. The smallest absolute Gasteiger partial charge is 0.187 e. The summed E-state index contributed by atoms with van der Waals surface area (Å²) in [5.41, 5.74) is 0.825. The average Bonchev–Trinajstić information content (AvgIpc) is 2.77. The lowest BCUT2D eigenvalue weighted by atomic mass is 9.98. The fourth-order valence-electron chi connectivity index (χ4n) is 3.12. The zero-order valence-electron chi connectivity index (χ0n) is 16.1. The highest BCUT2D eigenvalue weighted by Crippen LogP contribution is 2.25. The molecule has 0 amide bonds. The van der Waals surface area contributed by atoms with E-state index in [0.29, 0.717) is 6.29 Å². The van der Waals surface area contributed by atoms with Crippen LogP contribution >= 0.6 is 0 Å². The van der Waals surface area contributed by atoms with Crippen LogP contribution in [0.25, 0.3) is 0 Å². The van der Waals surface area contributed by atoms with Gasteiger partial charge < -0.3 is 55.3 Å². The molecule has 2 rings (SSSR count). The van der Waals surface area contributed by atoms with E-state index >= 15 is 0 Å². The first-order valence-corrected chi connectivity index (χ1v) is 9.49. The molecule has 1 aliphatic rings. The zero-order valence-corrected chi connectivity index (χ0v) is 16.1. The zero-order chi connectivity index (χ0) is 22.3. The number of ether oxygens (including phenoxy) is 2. The third kappa shape index (κ3) is 6.02. The number of carbonyl (C=O) groups is 1. The third-order valence-electron chi connectivity index (χ3n) is 4.94. The van der Waals surface area contributed by atoms with Crippen LogP contribution in [0.1, 0.15) is 5.56 Å². The lowest BCUT2D eigenvalue weighted by Crippen LogP contribution is -2.62. The second-order valence-corrected chi connectivity index (χ2v) is 7.07. The van der Waals surface area contributed by atoms with Gasteiger partial charge in [0, 0.05) is 6.54 Å². The minimum atomic E-state index is -1.78. The Morgan fingerprint density at radius 2 is 1.73 bits per heavy atom. The van der Waals surface area contributed by atoms with E-state index in [1.807, 2.05) is 6.07 Å². The molecular weight excluding hydrogens is 402 g/mol. The molecule has 9 atom stereocenters. The summed E-state index contributed by atoms with van der Waals surface area (Å²) in [6, 6.07) is 7.78. The molecule has 0 aliphatic carbocycles. The minimum absolute atomic E-state index is 0.212. The molecule has 11 heteroatoms. The lowest BCUT2D eigenvalue weighted by molar-refractivity contribution is -0.325. The van der Waals surface area contributed by atoms with Crippen molar-refractivity contribution in [2.75, 3.05) is 13.2 Å². The highest BCUT2D eigenvalue weighted by molar-refractivity contribution is 5.59. The van der Waals surface area contributed by atoms with Gasteiger partial charge in [0.1, 0.15) is 49.0 Å². The second-order valence-electron chi connectivity index (χ2n) is 7.07. The van der Waals surface area contributed by atoms with Gasteiger partial charge >= 0.3 is 0 Å². The molecule has 0 saturated carbocycles. The second kappa shape index (κ2) is 11.8. The predicted octanol–water partition coefficient (Wildman–Crippen LogP) is -3.76. The Bertz CT molecular complexity index is 633. The average molecular weight is 431 g/mol. The Kier molecular flexibility index (Phi) is 9.71. The summed E-state index contributed by atoms with van der Waals surface area (Å²) in [7, 11) is 0. The number of hydrogen-bond acceptors (Lipinski definition) is 11. The quantitative estimate of drug-likeness (QED) is 0.161. The van der Waals surface area contributed by atoms with Crippen LogP contribution in [0.5, 0.6) is 0 Å². The van der Waals surface area contributed by atoms with Crippen molar-refractivity contribution in [3.05, 3.63) is 35.9 Å². The lowest BCUT2D eigenvalue weighted by Gasteiger charge is -2.42. The summed E-state index contributed by atoms with van der Waals surface area (Å²) >= 11 is 0. The van der Waals surface area contributed by atoms with E-state index in [0.717, 1.165) is 5.56 Å². The Morgan fingerprint density at radius 3 is 2.30 bits per heavy atom. The molecular formula is C19H29NO10. The van der Waals surface area contributed by atoms with Gasteiger partial charge in [-0.25, -0.2) is 0 Å². The van der Waals surface area contributed by atoms with E-state index in [2.05, 4.69) is 5.32 Å². The van der Waals surface area contributed by atoms with Gasteiger partial charge in [-0.15, -0.1) is 0 Å². The summed E-state index contributed by atoms with van der Waals surface area (Å²) in [6.45, 7) is -1.33. The van der Waals surface area contributed by atoms with Crippen LogP contribution in [0.4, 0.5) is 0 Å². The summed E-state index contributed by atoms with van der Waals surface area (Å²) in [5.74, 6) is 0. The van der Waals surface area contributed by atoms with Crippen LogP contribution in [0.15, 0.2) is 30.3 Å². The highest BCUT2D eigenvalue weighted by Gasteiger charge is 2.46. The number of hydrogen-bond donors (Lipinski definition) is 8. The number of rotatable bonds is 11. The predicted molar refractivity (Wildman–Crippen MR) is 101 cm³/mol. The van der Waals surface area contributed by atoms with Crippen LogP contribution in [0.2, 0.25) is 0 Å². The maximum absolute atomic E-state index is 11.5. The van der Waals surface area contributed by atoms with Crippen molar-refractivity contribution < 1.29 is 50.0 Å². The van der Waals surface area contributed by atoms with Gasteiger partial charge in [0.15, 0.2) is 6.29 Å². The molecule has 1 fully saturated rings. The molecule has 0 radical (unpaired) electrons. The first-order valence-electron chi connectivity index (χ1n) is 9.49. The molecule has 1 aromatic rings. The van der Waals surface area contributed by atoms with E-state index in [4.69, 9.17) is 9.47 Å². The topological polar surface area (TPSA) is 189 Å². The molecule has 0 aromatic heterocycles. The van der Waals surface area contributed by atoms with E-state index in [1.165, 1.54) is 0 Å². The number of benzene rings is 1. The van der Waals surface area contributed by atoms with E-state index in [9.17, 15) is 40.5 Å². The van der Waals surface area contributed by atoms with Crippen molar-refractivity contribution in [2.24, 2.45) is 0 Å². The van der Waals surface area contributed by atoms with Crippen molar-refractivity contribution in [2.45, 2.75) is 61.6 Å². The number of aldehydes is 1. The third-order valence-corrected chi connectivity index (χ3v) is 4.94. The monoisotopic (exact) mass is 431 g/mol. The fourth-order valence-corrected chi connectivity index (χ4v) is 3.12. The molecule has 1 aliphatic heterocycles. The minimum Gasteiger partial charge on any atom is -0.394 e. The van der Waals surface area contributed by atoms with Gasteiger partial charge in [-0.2, -0.15) is 0 Å². The molecule has 8 N–H and O–H groups in total.